The molecule has 128 valence electrons. The van der Waals surface area contributed by atoms with E-state index in [1.165, 1.54) is 19.3 Å². The third-order valence-electron chi connectivity index (χ3n) is 4.63. The average Bonchev–Trinajstić information content (AvgIpc) is 2.60. The zero-order chi connectivity index (χ0) is 16.7. The van der Waals surface area contributed by atoms with Crippen LogP contribution in [-0.2, 0) is 11.3 Å². The second kappa shape index (κ2) is 8.89. The molecule has 0 heterocycles. The first-order chi connectivity index (χ1) is 11.1. The van der Waals surface area contributed by atoms with Gasteiger partial charge in [0.15, 0.2) is 0 Å². The van der Waals surface area contributed by atoms with Crippen molar-refractivity contribution in [2.24, 2.45) is 11.7 Å². The number of benzene rings is 1. The lowest BCUT2D eigenvalue weighted by Crippen LogP contribution is -2.47. The molecule has 23 heavy (non-hydrogen) atoms. The highest BCUT2D eigenvalue weighted by molar-refractivity contribution is 5.81. The summed E-state index contributed by atoms with van der Waals surface area (Å²) in [7, 11) is 1.61. The Morgan fingerprint density at radius 3 is 2.57 bits per heavy atom. The molecule has 1 saturated carbocycles. The van der Waals surface area contributed by atoms with Gasteiger partial charge in [-0.25, -0.2) is 0 Å². The highest BCUT2D eigenvalue weighted by Crippen LogP contribution is 2.27. The van der Waals surface area contributed by atoms with Gasteiger partial charge >= 0.3 is 0 Å². The molecule has 1 aliphatic rings. The van der Waals surface area contributed by atoms with Crippen molar-refractivity contribution in [2.75, 3.05) is 7.11 Å². The summed E-state index contributed by atoms with van der Waals surface area (Å²) in [6.45, 7) is 0.371. The van der Waals surface area contributed by atoms with Gasteiger partial charge in [0.1, 0.15) is 11.9 Å². The maximum absolute atomic E-state index is 12.1. The van der Waals surface area contributed by atoms with E-state index in [4.69, 9.17) is 10.5 Å². The van der Waals surface area contributed by atoms with Crippen LogP contribution in [0.5, 0.6) is 5.75 Å². The number of rotatable bonds is 7. The van der Waals surface area contributed by atoms with Crippen molar-refractivity contribution in [3.05, 3.63) is 29.8 Å². The summed E-state index contributed by atoms with van der Waals surface area (Å²) in [5.74, 6) is 0.918. The van der Waals surface area contributed by atoms with Crippen LogP contribution in [0.25, 0.3) is 0 Å². The van der Waals surface area contributed by atoms with Crippen LogP contribution in [0, 0.1) is 5.92 Å². The van der Waals surface area contributed by atoms with Gasteiger partial charge in [0, 0.05) is 12.6 Å². The molecule has 4 N–H and O–H groups in total. The van der Waals surface area contributed by atoms with E-state index in [9.17, 15) is 9.90 Å². The fourth-order valence-corrected chi connectivity index (χ4v) is 3.17. The highest BCUT2D eigenvalue weighted by Gasteiger charge is 2.26. The van der Waals surface area contributed by atoms with Gasteiger partial charge in [-0.15, -0.1) is 0 Å². The Labute approximate surface area is 138 Å². The van der Waals surface area contributed by atoms with Crippen molar-refractivity contribution in [3.8, 4) is 5.75 Å². The molecule has 0 spiro atoms. The van der Waals surface area contributed by atoms with Crippen molar-refractivity contribution in [1.29, 1.82) is 0 Å². The van der Waals surface area contributed by atoms with Crippen LogP contribution in [0.3, 0.4) is 0 Å². The summed E-state index contributed by atoms with van der Waals surface area (Å²) in [6, 6.07) is 6.95. The van der Waals surface area contributed by atoms with E-state index in [0.717, 1.165) is 30.6 Å². The predicted octanol–water partition coefficient (Wildman–Crippen LogP) is 1.97. The smallest absolute Gasteiger partial charge is 0.250 e. The molecule has 0 aliphatic heterocycles. The molecule has 5 nitrogen and oxygen atoms in total. The minimum atomic E-state index is -1.14. The minimum Gasteiger partial charge on any atom is -0.497 e. The lowest BCUT2D eigenvalue weighted by atomic mass is 9.84. The molecule has 5 heteroatoms. The van der Waals surface area contributed by atoms with E-state index in [-0.39, 0.29) is 0 Å². The Balaban J connectivity index is 1.76. The number of methoxy groups -OCH3 is 1. The fourth-order valence-electron chi connectivity index (χ4n) is 3.17. The Kier molecular flexibility index (Phi) is 6.86. The molecule has 2 unspecified atom stereocenters. The largest absolute Gasteiger partial charge is 0.497 e. The van der Waals surface area contributed by atoms with Gasteiger partial charge in [0.2, 0.25) is 0 Å². The second-order valence-corrected chi connectivity index (χ2v) is 6.41. The third kappa shape index (κ3) is 5.52. The van der Waals surface area contributed by atoms with E-state index in [1.54, 1.807) is 7.11 Å². The van der Waals surface area contributed by atoms with E-state index in [2.05, 4.69) is 5.32 Å². The molecule has 1 amide bonds. The molecule has 0 radical (unpaired) electrons. The Morgan fingerprint density at radius 2 is 1.96 bits per heavy atom. The van der Waals surface area contributed by atoms with Crippen molar-refractivity contribution < 1.29 is 14.6 Å². The summed E-state index contributed by atoms with van der Waals surface area (Å²) in [4.78, 5) is 12.1. The summed E-state index contributed by atoms with van der Waals surface area (Å²) in [5.41, 5.74) is 6.98. The molecule has 2 atom stereocenters. The number of aliphatic hydroxyl groups excluding tert-OH is 1. The number of aliphatic hydroxyl groups is 1. The maximum atomic E-state index is 12.1. The van der Waals surface area contributed by atoms with Crippen molar-refractivity contribution in [2.45, 2.75) is 57.2 Å². The topological polar surface area (TPSA) is 84.6 Å². The summed E-state index contributed by atoms with van der Waals surface area (Å²) in [6.07, 6.45) is 5.65. The number of carbonyl (C=O) groups excluding carboxylic acids is 1. The molecule has 1 fully saturated rings. The molecule has 0 saturated heterocycles. The second-order valence-electron chi connectivity index (χ2n) is 6.41. The highest BCUT2D eigenvalue weighted by atomic mass is 16.5. The van der Waals surface area contributed by atoms with Gasteiger partial charge < -0.3 is 20.9 Å². The van der Waals surface area contributed by atoms with Crippen molar-refractivity contribution >= 4 is 5.91 Å². The third-order valence-corrected chi connectivity index (χ3v) is 4.63. The van der Waals surface area contributed by atoms with Crippen molar-refractivity contribution in [1.82, 2.24) is 5.32 Å². The van der Waals surface area contributed by atoms with Gasteiger partial charge in [-0.1, -0.05) is 44.2 Å². The Hall–Kier alpha value is -1.59. The zero-order valence-corrected chi connectivity index (χ0v) is 13.8. The molecule has 0 bridgehead atoms. The van der Waals surface area contributed by atoms with Gasteiger partial charge in [-0.2, -0.15) is 0 Å². The minimum absolute atomic E-state index is 0.371. The van der Waals surface area contributed by atoms with Gasteiger partial charge in [-0.3, -0.25) is 4.79 Å². The van der Waals surface area contributed by atoms with Gasteiger partial charge in [0.05, 0.1) is 7.11 Å². The maximum Gasteiger partial charge on any atom is 0.250 e. The molecule has 2 rings (SSSR count). The first-order valence-corrected chi connectivity index (χ1v) is 8.44. The number of hydrogen-bond donors (Lipinski definition) is 3. The molecule has 1 aromatic carbocycles. The number of hydrogen-bond acceptors (Lipinski definition) is 4. The first-order valence-electron chi connectivity index (χ1n) is 8.44. The number of nitrogens with one attached hydrogen (secondary N) is 1. The number of ether oxygens (including phenoxy) is 1. The molecule has 1 aromatic rings. The molecular formula is C18H28N2O3. The molecular weight excluding hydrogens is 292 g/mol. The molecule has 0 aromatic heterocycles. The van der Waals surface area contributed by atoms with Crippen LogP contribution >= 0.6 is 0 Å². The molecule has 1 aliphatic carbocycles. The van der Waals surface area contributed by atoms with E-state index in [0.29, 0.717) is 12.5 Å². The fraction of sp³-hybridized carbons (Fsp3) is 0.611. The zero-order valence-electron chi connectivity index (χ0n) is 13.8. The van der Waals surface area contributed by atoms with Crippen LogP contribution in [0.15, 0.2) is 24.3 Å². The van der Waals surface area contributed by atoms with Crippen molar-refractivity contribution in [3.63, 3.8) is 0 Å². The van der Waals surface area contributed by atoms with Crippen LogP contribution in [0.4, 0.5) is 0 Å². The van der Waals surface area contributed by atoms with Crippen LogP contribution in [-0.4, -0.2) is 30.3 Å². The monoisotopic (exact) mass is 320 g/mol. The standard InChI is InChI=1S/C18H28N2O3/c1-23-15-9-7-14(8-10-15)12-20-18(22)17(21)16(19)11-13-5-3-2-4-6-13/h7-10,13,16-17,21H,2-6,11-12,19H2,1H3,(H,20,22). The SMILES string of the molecule is COc1ccc(CNC(=O)C(O)C(N)CC2CCCCC2)cc1. The lowest BCUT2D eigenvalue weighted by Gasteiger charge is -2.26. The average molecular weight is 320 g/mol. The summed E-state index contributed by atoms with van der Waals surface area (Å²) >= 11 is 0. The van der Waals surface area contributed by atoms with Crippen LogP contribution in [0.1, 0.15) is 44.1 Å². The number of nitrogens with two attached hydrogens (primary N) is 1. The van der Waals surface area contributed by atoms with E-state index >= 15 is 0 Å². The number of carbonyl (C=O) groups is 1. The Morgan fingerprint density at radius 1 is 1.30 bits per heavy atom. The Bertz CT molecular complexity index is 484. The lowest BCUT2D eigenvalue weighted by molar-refractivity contribution is -0.130. The predicted molar refractivity (Wildman–Crippen MR) is 90.0 cm³/mol. The van der Waals surface area contributed by atoms with Crippen LogP contribution < -0.4 is 15.8 Å². The van der Waals surface area contributed by atoms with Gasteiger partial charge in [-0.05, 0) is 30.0 Å². The summed E-state index contributed by atoms with van der Waals surface area (Å²) in [5, 5.41) is 12.9. The number of amides is 1. The normalized spacial score (nSPS) is 18.2. The van der Waals surface area contributed by atoms with E-state index < -0.39 is 18.1 Å². The van der Waals surface area contributed by atoms with E-state index in [1.807, 2.05) is 24.3 Å². The van der Waals surface area contributed by atoms with Crippen LogP contribution in [0.2, 0.25) is 0 Å². The quantitative estimate of drug-likeness (QED) is 0.717. The summed E-state index contributed by atoms with van der Waals surface area (Å²) < 4.78 is 5.09. The first kappa shape index (κ1) is 17.8. The van der Waals surface area contributed by atoms with Gasteiger partial charge in [0.25, 0.3) is 5.91 Å².